The third-order valence-corrected chi connectivity index (χ3v) is 3.38. The number of halogens is 1. The lowest BCUT2D eigenvalue weighted by Crippen LogP contribution is -2.42. The number of benzene rings is 1. The van der Waals surface area contributed by atoms with Crippen molar-refractivity contribution in [1.82, 2.24) is 9.88 Å². The molecule has 4 nitrogen and oxygen atoms in total. The number of likely N-dealkylation sites (N-methyl/N-ethyl adjacent to an activating group) is 1. The van der Waals surface area contributed by atoms with Crippen LogP contribution in [0.25, 0.3) is 10.9 Å². The maximum absolute atomic E-state index is 13.4. The molecule has 0 spiro atoms. The summed E-state index contributed by atoms with van der Waals surface area (Å²) in [4.78, 5) is 18.7. The van der Waals surface area contributed by atoms with E-state index in [1.54, 1.807) is 37.8 Å². The number of pyridine rings is 1. The Bertz CT molecular complexity index is 702. The molecule has 0 radical (unpaired) electrons. The lowest BCUT2D eigenvalue weighted by Gasteiger charge is -2.28. The first-order valence-electron chi connectivity index (χ1n) is 7.30. The first kappa shape index (κ1) is 16.4. The van der Waals surface area contributed by atoms with Gasteiger partial charge in [-0.25, -0.2) is 4.39 Å². The summed E-state index contributed by atoms with van der Waals surface area (Å²) in [7, 11) is 0. The number of rotatable bonds is 4. The summed E-state index contributed by atoms with van der Waals surface area (Å²) in [6.45, 7) is 7.66. The van der Waals surface area contributed by atoms with Gasteiger partial charge in [0.15, 0.2) is 0 Å². The van der Waals surface area contributed by atoms with E-state index in [4.69, 9.17) is 0 Å². The molecule has 2 aromatic rings. The number of carbonyl (C=O) groups is 1. The van der Waals surface area contributed by atoms with E-state index < -0.39 is 5.60 Å². The van der Waals surface area contributed by atoms with Crippen molar-refractivity contribution < 1.29 is 14.3 Å². The van der Waals surface area contributed by atoms with Crippen molar-refractivity contribution in [3.63, 3.8) is 0 Å². The van der Waals surface area contributed by atoms with Crippen LogP contribution in [-0.2, 0) is 0 Å². The monoisotopic (exact) mass is 304 g/mol. The van der Waals surface area contributed by atoms with Crippen molar-refractivity contribution in [2.24, 2.45) is 0 Å². The first-order chi connectivity index (χ1) is 10.2. The predicted molar refractivity (Wildman–Crippen MR) is 84.3 cm³/mol. The van der Waals surface area contributed by atoms with Crippen molar-refractivity contribution >= 4 is 16.8 Å². The maximum atomic E-state index is 13.4. The Balaban J connectivity index is 2.51. The average molecular weight is 304 g/mol. The molecule has 1 aromatic carbocycles. The van der Waals surface area contributed by atoms with Crippen LogP contribution in [0.1, 0.15) is 36.8 Å². The molecule has 0 fully saturated rings. The Kier molecular flexibility index (Phi) is 4.47. The zero-order chi connectivity index (χ0) is 16.5. The van der Waals surface area contributed by atoms with Crippen LogP contribution in [0, 0.1) is 12.7 Å². The van der Waals surface area contributed by atoms with Gasteiger partial charge in [0.25, 0.3) is 5.91 Å². The lowest BCUT2D eigenvalue weighted by molar-refractivity contribution is 0.0315. The van der Waals surface area contributed by atoms with Crippen LogP contribution in [0.4, 0.5) is 4.39 Å². The van der Waals surface area contributed by atoms with Gasteiger partial charge in [-0.15, -0.1) is 0 Å². The fourth-order valence-electron chi connectivity index (χ4n) is 2.48. The molecule has 0 atom stereocenters. The Morgan fingerprint density at radius 2 is 2.05 bits per heavy atom. The number of aromatic nitrogens is 1. The molecular weight excluding hydrogens is 283 g/mol. The zero-order valence-electron chi connectivity index (χ0n) is 13.4. The van der Waals surface area contributed by atoms with Crippen LogP contribution in [0.3, 0.4) is 0 Å². The Morgan fingerprint density at radius 1 is 1.36 bits per heavy atom. The van der Waals surface area contributed by atoms with Crippen molar-refractivity contribution in [1.29, 1.82) is 0 Å². The van der Waals surface area contributed by atoms with Crippen LogP contribution < -0.4 is 0 Å². The van der Waals surface area contributed by atoms with Crippen molar-refractivity contribution in [3.05, 3.63) is 41.3 Å². The highest BCUT2D eigenvalue weighted by Gasteiger charge is 2.24. The highest BCUT2D eigenvalue weighted by molar-refractivity contribution is 6.06. The standard InChI is InChI=1S/C17H21FN2O2/c1-5-20(10-17(3,4)22)16(21)14-8-11(2)19-15-9-12(18)6-7-13(14)15/h6-9,22H,5,10H2,1-4H3. The minimum absolute atomic E-state index is 0.188. The van der Waals surface area contributed by atoms with E-state index >= 15 is 0 Å². The predicted octanol–water partition coefficient (Wildman–Crippen LogP) is 2.92. The van der Waals surface area contributed by atoms with Gasteiger partial charge in [-0.05, 0) is 45.9 Å². The molecule has 0 saturated heterocycles. The highest BCUT2D eigenvalue weighted by Crippen LogP contribution is 2.22. The highest BCUT2D eigenvalue weighted by atomic mass is 19.1. The second-order valence-corrected chi connectivity index (χ2v) is 6.10. The summed E-state index contributed by atoms with van der Waals surface area (Å²) in [6.07, 6.45) is 0. The molecule has 1 amide bonds. The smallest absolute Gasteiger partial charge is 0.254 e. The number of aliphatic hydroxyl groups is 1. The summed E-state index contributed by atoms with van der Waals surface area (Å²) in [5, 5.41) is 10.6. The number of fused-ring (bicyclic) bond motifs is 1. The van der Waals surface area contributed by atoms with Gasteiger partial charge in [-0.1, -0.05) is 0 Å². The van der Waals surface area contributed by atoms with Crippen molar-refractivity contribution in [3.8, 4) is 0 Å². The molecule has 0 aliphatic heterocycles. The van der Waals surface area contributed by atoms with E-state index in [9.17, 15) is 14.3 Å². The summed E-state index contributed by atoms with van der Waals surface area (Å²) < 4.78 is 13.4. The summed E-state index contributed by atoms with van der Waals surface area (Å²) >= 11 is 0. The number of hydrogen-bond acceptors (Lipinski definition) is 3. The van der Waals surface area contributed by atoms with Crippen molar-refractivity contribution in [2.75, 3.05) is 13.1 Å². The Morgan fingerprint density at radius 3 is 2.64 bits per heavy atom. The van der Waals surface area contributed by atoms with Gasteiger partial charge in [0.05, 0.1) is 16.7 Å². The molecule has 22 heavy (non-hydrogen) atoms. The summed E-state index contributed by atoms with van der Waals surface area (Å²) in [5.41, 5.74) is 0.618. The molecule has 0 aliphatic rings. The second kappa shape index (κ2) is 6.01. The Labute approximate surface area is 129 Å². The van der Waals surface area contributed by atoms with Gasteiger partial charge < -0.3 is 10.0 Å². The Hall–Kier alpha value is -2.01. The summed E-state index contributed by atoms with van der Waals surface area (Å²) in [6, 6.07) is 5.92. The number of hydrogen-bond donors (Lipinski definition) is 1. The third kappa shape index (κ3) is 3.60. The number of amides is 1. The fourth-order valence-corrected chi connectivity index (χ4v) is 2.48. The van der Waals surface area contributed by atoms with E-state index in [0.29, 0.717) is 28.7 Å². The van der Waals surface area contributed by atoms with Gasteiger partial charge in [-0.2, -0.15) is 0 Å². The molecule has 0 bridgehead atoms. The minimum atomic E-state index is -0.977. The molecule has 5 heteroatoms. The molecule has 1 heterocycles. The normalized spacial score (nSPS) is 11.7. The first-order valence-corrected chi connectivity index (χ1v) is 7.30. The molecule has 0 aliphatic carbocycles. The SMILES string of the molecule is CCN(CC(C)(C)O)C(=O)c1cc(C)nc2cc(F)ccc12. The second-order valence-electron chi connectivity index (χ2n) is 6.10. The quantitative estimate of drug-likeness (QED) is 0.945. The van der Waals surface area contributed by atoms with Crippen LogP contribution in [0.2, 0.25) is 0 Å². The lowest BCUT2D eigenvalue weighted by atomic mass is 10.0. The van der Waals surface area contributed by atoms with Crippen LogP contribution in [0.5, 0.6) is 0 Å². The topological polar surface area (TPSA) is 53.4 Å². The van der Waals surface area contributed by atoms with Gasteiger partial charge in [0.2, 0.25) is 0 Å². The van der Waals surface area contributed by atoms with Gasteiger partial charge in [0, 0.05) is 30.2 Å². The van der Waals surface area contributed by atoms with E-state index in [1.807, 2.05) is 6.92 Å². The zero-order valence-corrected chi connectivity index (χ0v) is 13.4. The van der Waals surface area contributed by atoms with Gasteiger partial charge in [-0.3, -0.25) is 9.78 Å². The number of aryl methyl sites for hydroxylation is 1. The number of carbonyl (C=O) groups excluding carboxylic acids is 1. The van der Waals surface area contributed by atoms with Crippen molar-refractivity contribution in [2.45, 2.75) is 33.3 Å². The maximum Gasteiger partial charge on any atom is 0.254 e. The summed E-state index contributed by atoms with van der Waals surface area (Å²) in [5.74, 6) is -0.570. The van der Waals surface area contributed by atoms with Crippen LogP contribution in [-0.4, -0.2) is 39.6 Å². The molecule has 0 saturated carbocycles. The van der Waals surface area contributed by atoms with E-state index in [-0.39, 0.29) is 18.3 Å². The van der Waals surface area contributed by atoms with E-state index in [0.717, 1.165) is 0 Å². The molecule has 118 valence electrons. The fraction of sp³-hybridized carbons (Fsp3) is 0.412. The van der Waals surface area contributed by atoms with E-state index in [2.05, 4.69) is 4.98 Å². The van der Waals surface area contributed by atoms with Gasteiger partial charge >= 0.3 is 0 Å². The van der Waals surface area contributed by atoms with Crippen LogP contribution >= 0.6 is 0 Å². The minimum Gasteiger partial charge on any atom is -0.389 e. The van der Waals surface area contributed by atoms with Gasteiger partial charge in [0.1, 0.15) is 5.82 Å². The largest absolute Gasteiger partial charge is 0.389 e. The average Bonchev–Trinajstić information content (AvgIpc) is 2.41. The number of nitrogens with zero attached hydrogens (tertiary/aromatic N) is 2. The molecule has 0 unspecified atom stereocenters. The van der Waals surface area contributed by atoms with E-state index in [1.165, 1.54) is 12.1 Å². The third-order valence-electron chi connectivity index (χ3n) is 3.38. The molecule has 1 N–H and O–H groups in total. The molecule has 1 aromatic heterocycles. The van der Waals surface area contributed by atoms with Crippen LogP contribution in [0.15, 0.2) is 24.3 Å². The molecule has 2 rings (SSSR count). The molecular formula is C17H21FN2O2.